The molecule has 0 radical (unpaired) electrons. The second-order valence-electron chi connectivity index (χ2n) is 8.76. The van der Waals surface area contributed by atoms with Crippen molar-refractivity contribution >= 4 is 17.7 Å². The zero-order valence-electron chi connectivity index (χ0n) is 20.4. The van der Waals surface area contributed by atoms with E-state index in [1.807, 2.05) is 0 Å². The number of likely N-dealkylation sites (tertiary alicyclic amines) is 1. The first-order valence-corrected chi connectivity index (χ1v) is 11.8. The second kappa shape index (κ2) is 11.0. The number of piperidine rings is 1. The number of hydrogen-bond donors (Lipinski definition) is 1. The molecule has 2 heterocycles. The van der Waals surface area contributed by atoms with Crippen molar-refractivity contribution in [3.63, 3.8) is 0 Å². The van der Waals surface area contributed by atoms with Crippen LogP contribution in [0.15, 0.2) is 48.5 Å². The van der Waals surface area contributed by atoms with Crippen LogP contribution in [-0.4, -0.2) is 86.4 Å². The number of carbonyl (C=O) groups excluding carboxylic acids is 3. The third-order valence-electron chi connectivity index (χ3n) is 6.63. The highest BCUT2D eigenvalue weighted by atomic mass is 19.1. The van der Waals surface area contributed by atoms with Gasteiger partial charge in [-0.25, -0.2) is 4.39 Å². The van der Waals surface area contributed by atoms with Crippen molar-refractivity contribution in [1.29, 1.82) is 0 Å². The van der Waals surface area contributed by atoms with Gasteiger partial charge < -0.3 is 24.4 Å². The summed E-state index contributed by atoms with van der Waals surface area (Å²) in [6, 6.07) is 11.3. The van der Waals surface area contributed by atoms with E-state index in [0.29, 0.717) is 56.0 Å². The molecule has 192 valence electrons. The molecule has 0 aromatic heterocycles. The molecular weight excluding hydrogens is 469 g/mol. The summed E-state index contributed by atoms with van der Waals surface area (Å²) >= 11 is 0. The Kier molecular flexibility index (Phi) is 7.85. The molecule has 2 aromatic carbocycles. The summed E-state index contributed by atoms with van der Waals surface area (Å²) in [6.45, 7) is 1.32. The van der Waals surface area contributed by atoms with Crippen molar-refractivity contribution in [3.05, 3.63) is 65.5 Å². The van der Waals surface area contributed by atoms with E-state index < -0.39 is 17.6 Å². The van der Waals surface area contributed by atoms with Crippen LogP contribution < -0.4 is 10.1 Å². The summed E-state index contributed by atoms with van der Waals surface area (Å²) in [5, 5.41) is 2.80. The molecule has 3 amide bonds. The molecule has 1 spiro atoms. The molecule has 0 saturated carbocycles. The third kappa shape index (κ3) is 5.19. The fourth-order valence-electron chi connectivity index (χ4n) is 4.69. The van der Waals surface area contributed by atoms with Gasteiger partial charge in [-0.1, -0.05) is 6.07 Å². The lowest BCUT2D eigenvalue weighted by Gasteiger charge is -2.44. The molecule has 2 aliphatic heterocycles. The van der Waals surface area contributed by atoms with Gasteiger partial charge in [0.2, 0.25) is 5.91 Å². The molecule has 2 aromatic rings. The van der Waals surface area contributed by atoms with E-state index in [-0.39, 0.29) is 24.3 Å². The first-order chi connectivity index (χ1) is 17.4. The maximum Gasteiger partial charge on any atom is 0.257 e. The van der Waals surface area contributed by atoms with Gasteiger partial charge in [-0.05, 0) is 42.5 Å². The van der Waals surface area contributed by atoms with Crippen molar-refractivity contribution in [2.24, 2.45) is 0 Å². The number of halogens is 1. The molecular formula is C26H30FN3O6. The quantitative estimate of drug-likeness (QED) is 0.586. The van der Waals surface area contributed by atoms with Crippen LogP contribution in [0.3, 0.4) is 0 Å². The van der Waals surface area contributed by atoms with E-state index in [9.17, 15) is 18.8 Å². The van der Waals surface area contributed by atoms with Crippen molar-refractivity contribution in [2.45, 2.75) is 24.6 Å². The van der Waals surface area contributed by atoms with Gasteiger partial charge in [-0.3, -0.25) is 19.3 Å². The van der Waals surface area contributed by atoms with E-state index in [0.717, 1.165) is 0 Å². The lowest BCUT2D eigenvalue weighted by molar-refractivity contribution is -0.128. The zero-order valence-corrected chi connectivity index (χ0v) is 20.4. The van der Waals surface area contributed by atoms with E-state index in [2.05, 4.69) is 5.32 Å². The Bertz CT molecular complexity index is 1100. The fourth-order valence-corrected chi connectivity index (χ4v) is 4.69. The van der Waals surface area contributed by atoms with Gasteiger partial charge in [-0.15, -0.1) is 0 Å². The van der Waals surface area contributed by atoms with Crippen molar-refractivity contribution in [3.8, 4) is 5.75 Å². The van der Waals surface area contributed by atoms with Crippen LogP contribution in [0.2, 0.25) is 0 Å². The Morgan fingerprint density at radius 1 is 1.06 bits per heavy atom. The first kappa shape index (κ1) is 25.6. The normalized spacial score (nSPS) is 18.8. The van der Waals surface area contributed by atoms with Crippen molar-refractivity contribution in [1.82, 2.24) is 15.1 Å². The maximum atomic E-state index is 13.8. The molecule has 36 heavy (non-hydrogen) atoms. The van der Waals surface area contributed by atoms with Gasteiger partial charge in [0, 0.05) is 50.7 Å². The topological polar surface area (TPSA) is 97.4 Å². The van der Waals surface area contributed by atoms with E-state index in [1.54, 1.807) is 36.3 Å². The van der Waals surface area contributed by atoms with Crippen molar-refractivity contribution in [2.75, 3.05) is 47.1 Å². The van der Waals surface area contributed by atoms with Gasteiger partial charge in [0.05, 0.1) is 20.3 Å². The number of amides is 3. The Labute approximate surface area is 209 Å². The predicted molar refractivity (Wildman–Crippen MR) is 128 cm³/mol. The number of benzene rings is 2. The summed E-state index contributed by atoms with van der Waals surface area (Å²) in [5.74, 6) is -0.787. The van der Waals surface area contributed by atoms with Crippen LogP contribution in [0.5, 0.6) is 5.75 Å². The molecule has 9 nitrogen and oxygen atoms in total. The highest BCUT2D eigenvalue weighted by Crippen LogP contribution is 2.39. The molecule has 2 fully saturated rings. The van der Waals surface area contributed by atoms with Gasteiger partial charge in [0.15, 0.2) is 0 Å². The number of rotatable bonds is 7. The summed E-state index contributed by atoms with van der Waals surface area (Å²) in [4.78, 5) is 42.9. The van der Waals surface area contributed by atoms with E-state index in [4.69, 9.17) is 14.2 Å². The van der Waals surface area contributed by atoms with E-state index in [1.165, 1.54) is 36.3 Å². The van der Waals surface area contributed by atoms with Gasteiger partial charge in [0.25, 0.3) is 11.8 Å². The average Bonchev–Trinajstić information content (AvgIpc) is 3.27. The third-order valence-corrected chi connectivity index (χ3v) is 6.63. The van der Waals surface area contributed by atoms with Crippen LogP contribution in [0, 0.1) is 5.82 Å². The Morgan fingerprint density at radius 2 is 1.78 bits per heavy atom. The molecule has 10 heteroatoms. The van der Waals surface area contributed by atoms with Crippen LogP contribution in [0.4, 0.5) is 4.39 Å². The van der Waals surface area contributed by atoms with Crippen LogP contribution >= 0.6 is 0 Å². The summed E-state index contributed by atoms with van der Waals surface area (Å²) < 4.78 is 29.7. The van der Waals surface area contributed by atoms with Gasteiger partial charge >= 0.3 is 0 Å². The highest BCUT2D eigenvalue weighted by molar-refractivity contribution is 5.99. The number of carbonyl (C=O) groups is 3. The fraction of sp³-hybridized carbons (Fsp3) is 0.423. The zero-order chi connectivity index (χ0) is 25.7. The average molecular weight is 500 g/mol. The molecule has 4 rings (SSSR count). The molecule has 1 N–H and O–H groups in total. The Morgan fingerprint density at radius 3 is 2.44 bits per heavy atom. The van der Waals surface area contributed by atoms with Crippen LogP contribution in [0.25, 0.3) is 0 Å². The highest BCUT2D eigenvalue weighted by Gasteiger charge is 2.54. The molecule has 0 aliphatic carbocycles. The minimum absolute atomic E-state index is 0.0421. The van der Waals surface area contributed by atoms with Crippen molar-refractivity contribution < 1.29 is 33.0 Å². The standard InChI is InChI=1S/C26H30FN3O6/c1-34-15-12-28-23(31)22-17-36-26(30(22)25(33)19-4-3-5-21(16-19)35-2)10-13-29(14-11-26)24(32)18-6-8-20(27)9-7-18/h3-9,16,22H,10-15,17H2,1-2H3,(H,28,31)/t22-/m0/s1. The molecule has 0 unspecified atom stereocenters. The number of hydrogen-bond acceptors (Lipinski definition) is 6. The summed E-state index contributed by atoms with van der Waals surface area (Å²) in [6.07, 6.45) is 0.662. The molecule has 2 saturated heterocycles. The first-order valence-electron chi connectivity index (χ1n) is 11.8. The predicted octanol–water partition coefficient (Wildman–Crippen LogP) is 2.07. The summed E-state index contributed by atoms with van der Waals surface area (Å²) in [7, 11) is 3.06. The lowest BCUT2D eigenvalue weighted by Crippen LogP contribution is -2.60. The molecule has 2 aliphatic rings. The number of nitrogens with zero attached hydrogens (tertiary/aromatic N) is 2. The van der Waals surface area contributed by atoms with Gasteiger partial charge in [0.1, 0.15) is 23.3 Å². The smallest absolute Gasteiger partial charge is 0.257 e. The van der Waals surface area contributed by atoms with Crippen LogP contribution in [-0.2, 0) is 14.3 Å². The monoisotopic (exact) mass is 499 g/mol. The van der Waals surface area contributed by atoms with Crippen LogP contribution in [0.1, 0.15) is 33.6 Å². The Balaban J connectivity index is 1.56. The number of nitrogens with one attached hydrogen (secondary N) is 1. The summed E-state index contributed by atoms with van der Waals surface area (Å²) in [5.41, 5.74) is -0.277. The number of ether oxygens (including phenoxy) is 3. The van der Waals surface area contributed by atoms with Gasteiger partial charge in [-0.2, -0.15) is 0 Å². The lowest BCUT2D eigenvalue weighted by atomic mass is 9.96. The molecule has 0 bridgehead atoms. The Hall–Kier alpha value is -3.50. The minimum Gasteiger partial charge on any atom is -0.497 e. The largest absolute Gasteiger partial charge is 0.497 e. The number of methoxy groups -OCH3 is 2. The second-order valence-corrected chi connectivity index (χ2v) is 8.76. The minimum atomic E-state index is -1.04. The van der Waals surface area contributed by atoms with E-state index >= 15 is 0 Å². The maximum absolute atomic E-state index is 13.8. The SMILES string of the molecule is COCCNC(=O)[C@@H]1COC2(CCN(C(=O)c3ccc(F)cc3)CC2)N1C(=O)c1cccc(OC)c1. The molecule has 1 atom stereocenters.